The highest BCUT2D eigenvalue weighted by molar-refractivity contribution is 6.08. The molecule has 128 valence electrons. The van der Waals surface area contributed by atoms with Gasteiger partial charge in [0.2, 0.25) is 0 Å². The van der Waals surface area contributed by atoms with Crippen LogP contribution in [-0.2, 0) is 14.3 Å². The maximum absolute atomic E-state index is 12.9. The lowest BCUT2D eigenvalue weighted by Gasteiger charge is -2.20. The minimum absolute atomic E-state index is 0.351. The molecule has 6 nitrogen and oxygen atoms in total. The van der Waals surface area contributed by atoms with Gasteiger partial charge in [-0.3, -0.25) is 14.5 Å². The predicted octanol–water partition coefficient (Wildman–Crippen LogP) is 2.29. The van der Waals surface area contributed by atoms with E-state index in [9.17, 15) is 18.8 Å². The first-order valence-electron chi connectivity index (χ1n) is 8.00. The summed E-state index contributed by atoms with van der Waals surface area (Å²) in [5.41, 5.74) is -0.200. The third kappa shape index (κ3) is 2.98. The molecule has 3 rings (SSSR count). The van der Waals surface area contributed by atoms with Gasteiger partial charge in [0.15, 0.2) is 0 Å². The molecular formula is C17H19FN2O4. The lowest BCUT2D eigenvalue weighted by molar-refractivity contribution is -0.152. The number of imide groups is 1. The van der Waals surface area contributed by atoms with Gasteiger partial charge in [-0.15, -0.1) is 0 Å². The molecule has 1 saturated carbocycles. The third-order valence-electron chi connectivity index (χ3n) is 4.64. The van der Waals surface area contributed by atoms with Crippen LogP contribution >= 0.6 is 0 Å². The van der Waals surface area contributed by atoms with Crippen molar-refractivity contribution in [3.05, 3.63) is 35.6 Å². The first-order valence-corrected chi connectivity index (χ1v) is 8.00. The van der Waals surface area contributed by atoms with Gasteiger partial charge in [0.25, 0.3) is 5.91 Å². The number of carbonyl (C=O) groups is 3. The summed E-state index contributed by atoms with van der Waals surface area (Å²) in [6, 6.07) is 5.05. The average Bonchev–Trinajstić information content (AvgIpc) is 3.09. The van der Waals surface area contributed by atoms with Crippen molar-refractivity contribution in [1.29, 1.82) is 0 Å². The Hall–Kier alpha value is -2.44. The molecule has 1 spiro atoms. The number of nitrogens with one attached hydrogen (secondary N) is 1. The maximum Gasteiger partial charge on any atom is 0.326 e. The first kappa shape index (κ1) is 16.4. The molecule has 1 aliphatic carbocycles. The summed E-state index contributed by atoms with van der Waals surface area (Å²) in [5.74, 6) is -1.40. The van der Waals surface area contributed by atoms with Crippen LogP contribution in [0.1, 0.15) is 44.3 Å². The molecule has 1 unspecified atom stereocenters. The van der Waals surface area contributed by atoms with E-state index in [1.807, 2.05) is 0 Å². The van der Waals surface area contributed by atoms with Crippen molar-refractivity contribution in [1.82, 2.24) is 10.2 Å². The molecule has 0 bridgehead atoms. The second-order valence-electron chi connectivity index (χ2n) is 6.29. The van der Waals surface area contributed by atoms with Crippen LogP contribution in [-0.4, -0.2) is 34.9 Å². The number of carbonyl (C=O) groups excluding carboxylic acids is 3. The van der Waals surface area contributed by atoms with Crippen LogP contribution < -0.4 is 5.32 Å². The van der Waals surface area contributed by atoms with Crippen molar-refractivity contribution in [3.63, 3.8) is 0 Å². The number of urea groups is 1. The number of benzene rings is 1. The van der Waals surface area contributed by atoms with Gasteiger partial charge in [-0.25, -0.2) is 9.18 Å². The Morgan fingerprint density at radius 3 is 2.54 bits per heavy atom. The van der Waals surface area contributed by atoms with E-state index in [2.05, 4.69) is 5.32 Å². The second-order valence-corrected chi connectivity index (χ2v) is 6.29. The predicted molar refractivity (Wildman–Crippen MR) is 82.4 cm³/mol. The normalized spacial score (nSPS) is 20.3. The number of rotatable bonds is 4. The van der Waals surface area contributed by atoms with Gasteiger partial charge in [0.1, 0.15) is 24.0 Å². The summed E-state index contributed by atoms with van der Waals surface area (Å²) in [7, 11) is 0. The van der Waals surface area contributed by atoms with Gasteiger partial charge in [-0.1, -0.05) is 25.0 Å². The van der Waals surface area contributed by atoms with Gasteiger partial charge in [0, 0.05) is 0 Å². The minimum atomic E-state index is -0.833. The molecular weight excluding hydrogens is 315 g/mol. The summed E-state index contributed by atoms with van der Waals surface area (Å²) < 4.78 is 18.2. The molecule has 7 heteroatoms. The number of nitrogens with zero attached hydrogens (tertiary/aromatic N) is 1. The molecule has 0 radical (unpaired) electrons. The number of hydrogen-bond donors (Lipinski definition) is 1. The number of halogens is 1. The Balaban J connectivity index is 1.61. The Labute approximate surface area is 139 Å². The zero-order chi connectivity index (χ0) is 17.3. The van der Waals surface area contributed by atoms with Gasteiger partial charge in [0.05, 0.1) is 0 Å². The Bertz CT molecular complexity index is 668. The van der Waals surface area contributed by atoms with Crippen molar-refractivity contribution in [2.75, 3.05) is 6.54 Å². The van der Waals surface area contributed by atoms with Crippen molar-refractivity contribution in [2.24, 2.45) is 0 Å². The molecule has 1 aromatic rings. The highest BCUT2D eigenvalue weighted by Crippen LogP contribution is 2.35. The van der Waals surface area contributed by atoms with Gasteiger partial charge in [-0.05, 0) is 37.5 Å². The summed E-state index contributed by atoms with van der Waals surface area (Å²) in [6.07, 6.45) is 2.38. The van der Waals surface area contributed by atoms with Crippen molar-refractivity contribution in [3.8, 4) is 0 Å². The van der Waals surface area contributed by atoms with Crippen LogP contribution in [0.3, 0.4) is 0 Å². The summed E-state index contributed by atoms with van der Waals surface area (Å²) in [6.45, 7) is 1.23. The molecule has 1 saturated heterocycles. The highest BCUT2D eigenvalue weighted by atomic mass is 19.1. The molecule has 1 aromatic carbocycles. The van der Waals surface area contributed by atoms with Crippen molar-refractivity contribution in [2.45, 2.75) is 44.2 Å². The topological polar surface area (TPSA) is 75.7 Å². The van der Waals surface area contributed by atoms with Crippen LogP contribution in [0.2, 0.25) is 0 Å². The van der Waals surface area contributed by atoms with Crippen LogP contribution in [0.4, 0.5) is 9.18 Å². The van der Waals surface area contributed by atoms with E-state index in [4.69, 9.17) is 4.74 Å². The quantitative estimate of drug-likeness (QED) is 0.677. The molecule has 0 aromatic heterocycles. The standard InChI is InChI=1S/C17H19FN2O4/c1-11(12-4-6-13(18)7-5-12)24-14(21)10-20-15(22)17(19-16(20)23)8-2-3-9-17/h4-7,11H,2-3,8-10H2,1H3,(H,19,23). The van der Waals surface area contributed by atoms with Crippen LogP contribution in [0.15, 0.2) is 24.3 Å². The van der Waals surface area contributed by atoms with Crippen LogP contribution in [0.25, 0.3) is 0 Å². The molecule has 24 heavy (non-hydrogen) atoms. The Morgan fingerprint density at radius 1 is 1.29 bits per heavy atom. The van der Waals surface area contributed by atoms with E-state index >= 15 is 0 Å². The molecule has 3 amide bonds. The molecule has 1 aliphatic heterocycles. The fraction of sp³-hybridized carbons (Fsp3) is 0.471. The molecule has 1 atom stereocenters. The summed E-state index contributed by atoms with van der Waals surface area (Å²) >= 11 is 0. The van der Waals surface area contributed by atoms with Crippen LogP contribution in [0.5, 0.6) is 0 Å². The summed E-state index contributed by atoms with van der Waals surface area (Å²) in [4.78, 5) is 37.5. The Kier molecular flexibility index (Phi) is 4.26. The second kappa shape index (κ2) is 6.22. The average molecular weight is 334 g/mol. The lowest BCUT2D eigenvalue weighted by Crippen LogP contribution is -2.44. The lowest BCUT2D eigenvalue weighted by atomic mass is 9.98. The number of hydrogen-bond acceptors (Lipinski definition) is 4. The van der Waals surface area contributed by atoms with E-state index in [1.165, 1.54) is 24.3 Å². The van der Waals surface area contributed by atoms with E-state index in [1.54, 1.807) is 6.92 Å². The SMILES string of the molecule is CC(OC(=O)CN1C(=O)NC2(CCCC2)C1=O)c1ccc(F)cc1. The maximum atomic E-state index is 12.9. The molecule has 1 N–H and O–H groups in total. The van der Waals surface area contributed by atoms with Gasteiger partial charge >= 0.3 is 12.0 Å². The number of ether oxygens (including phenoxy) is 1. The van der Waals surface area contributed by atoms with E-state index < -0.39 is 30.2 Å². The van der Waals surface area contributed by atoms with Crippen molar-refractivity contribution < 1.29 is 23.5 Å². The van der Waals surface area contributed by atoms with Crippen molar-refractivity contribution >= 4 is 17.9 Å². The Morgan fingerprint density at radius 2 is 1.92 bits per heavy atom. The van der Waals surface area contributed by atoms with E-state index in [-0.39, 0.29) is 11.7 Å². The highest BCUT2D eigenvalue weighted by Gasteiger charge is 2.52. The largest absolute Gasteiger partial charge is 0.456 e. The molecule has 2 aliphatic rings. The van der Waals surface area contributed by atoms with Gasteiger partial charge in [-0.2, -0.15) is 0 Å². The zero-order valence-corrected chi connectivity index (χ0v) is 13.4. The summed E-state index contributed by atoms with van der Waals surface area (Å²) in [5, 5.41) is 2.71. The monoisotopic (exact) mass is 334 g/mol. The van der Waals surface area contributed by atoms with E-state index in [0.29, 0.717) is 18.4 Å². The van der Waals surface area contributed by atoms with Crippen LogP contribution in [0, 0.1) is 5.82 Å². The molecule has 2 fully saturated rings. The number of amides is 3. The number of esters is 1. The van der Waals surface area contributed by atoms with E-state index in [0.717, 1.165) is 17.7 Å². The minimum Gasteiger partial charge on any atom is -0.456 e. The third-order valence-corrected chi connectivity index (χ3v) is 4.64. The smallest absolute Gasteiger partial charge is 0.326 e. The van der Waals surface area contributed by atoms with Gasteiger partial charge < -0.3 is 10.1 Å². The fourth-order valence-electron chi connectivity index (χ4n) is 3.30. The fourth-order valence-corrected chi connectivity index (χ4v) is 3.30. The first-order chi connectivity index (χ1) is 11.4. The zero-order valence-electron chi connectivity index (χ0n) is 13.4. The molecule has 1 heterocycles.